The van der Waals surface area contributed by atoms with Crippen LogP contribution in [0.25, 0.3) is 0 Å². The fraction of sp³-hybridized carbons (Fsp3) is 0.571. The molecule has 0 fully saturated rings. The number of rotatable bonds is 4. The van der Waals surface area contributed by atoms with Crippen molar-refractivity contribution in [3.8, 4) is 0 Å². The summed E-state index contributed by atoms with van der Waals surface area (Å²) in [6.45, 7) is 0.420. The molecule has 0 aromatic carbocycles. The average molecular weight is 200 g/mol. The molecule has 6 heteroatoms. The monoisotopic (exact) mass is 200 g/mol. The quantitative estimate of drug-likeness (QED) is 0.659. The number of thiol groups is 1. The van der Waals surface area contributed by atoms with Crippen molar-refractivity contribution in [2.75, 3.05) is 5.75 Å². The van der Waals surface area contributed by atoms with Crippen LogP contribution in [0.15, 0.2) is 6.33 Å². The minimum absolute atomic E-state index is 0.0157. The second-order valence-electron chi connectivity index (χ2n) is 2.61. The Labute approximate surface area is 81.9 Å². The van der Waals surface area contributed by atoms with E-state index in [1.807, 2.05) is 7.05 Å². The first-order chi connectivity index (χ1) is 6.24. The van der Waals surface area contributed by atoms with Crippen LogP contribution >= 0.6 is 12.6 Å². The van der Waals surface area contributed by atoms with Crippen molar-refractivity contribution in [2.45, 2.75) is 13.0 Å². The van der Waals surface area contributed by atoms with Gasteiger partial charge in [-0.3, -0.25) is 4.79 Å². The smallest absolute Gasteiger partial charge is 0.221 e. The van der Waals surface area contributed by atoms with Gasteiger partial charge in [0.25, 0.3) is 0 Å². The second-order valence-corrected chi connectivity index (χ2v) is 3.06. The SMILES string of the molecule is Cn1cnnc1CNC(=O)CCS. The highest BCUT2D eigenvalue weighted by atomic mass is 32.1. The zero-order valence-corrected chi connectivity index (χ0v) is 8.29. The zero-order valence-electron chi connectivity index (χ0n) is 7.40. The van der Waals surface area contributed by atoms with E-state index in [2.05, 4.69) is 28.1 Å². The molecule has 0 aliphatic heterocycles. The molecular formula is C7H12N4OS. The Hall–Kier alpha value is -1.04. The fourth-order valence-electron chi connectivity index (χ4n) is 0.835. The number of carbonyl (C=O) groups excluding carboxylic acids is 1. The van der Waals surface area contributed by atoms with Crippen LogP contribution in [-0.2, 0) is 18.4 Å². The Balaban J connectivity index is 2.35. The highest BCUT2D eigenvalue weighted by Gasteiger charge is 2.02. The van der Waals surface area contributed by atoms with E-state index in [1.165, 1.54) is 0 Å². The van der Waals surface area contributed by atoms with Gasteiger partial charge in [0.05, 0.1) is 6.54 Å². The number of carbonyl (C=O) groups is 1. The molecule has 72 valence electrons. The van der Waals surface area contributed by atoms with Crippen LogP contribution in [0.2, 0.25) is 0 Å². The van der Waals surface area contributed by atoms with Gasteiger partial charge in [-0.25, -0.2) is 0 Å². The van der Waals surface area contributed by atoms with Crippen LogP contribution in [0.5, 0.6) is 0 Å². The minimum Gasteiger partial charge on any atom is -0.349 e. The first-order valence-corrected chi connectivity index (χ1v) is 4.57. The lowest BCUT2D eigenvalue weighted by atomic mass is 10.4. The molecule has 5 nitrogen and oxygen atoms in total. The molecular weight excluding hydrogens is 188 g/mol. The normalized spacial score (nSPS) is 10.0. The van der Waals surface area contributed by atoms with Crippen LogP contribution in [0.4, 0.5) is 0 Å². The predicted octanol–water partition coefficient (Wildman–Crippen LogP) is -0.249. The Morgan fingerprint density at radius 2 is 2.54 bits per heavy atom. The summed E-state index contributed by atoms with van der Waals surface area (Å²) in [5.41, 5.74) is 0. The Morgan fingerprint density at radius 1 is 1.77 bits per heavy atom. The molecule has 0 radical (unpaired) electrons. The van der Waals surface area contributed by atoms with E-state index in [1.54, 1.807) is 10.9 Å². The lowest BCUT2D eigenvalue weighted by molar-refractivity contribution is -0.120. The lowest BCUT2D eigenvalue weighted by Gasteiger charge is -2.02. The molecule has 0 aliphatic carbocycles. The lowest BCUT2D eigenvalue weighted by Crippen LogP contribution is -2.24. The van der Waals surface area contributed by atoms with Crippen LogP contribution in [0, 0.1) is 0 Å². The predicted molar refractivity (Wildman–Crippen MR) is 51.3 cm³/mol. The molecule has 0 bridgehead atoms. The van der Waals surface area contributed by atoms with Crippen molar-refractivity contribution in [2.24, 2.45) is 7.05 Å². The molecule has 13 heavy (non-hydrogen) atoms. The molecule has 1 amide bonds. The molecule has 0 unspecified atom stereocenters. The maximum atomic E-state index is 11.0. The standard InChI is InChI=1S/C7H12N4OS/c1-11-5-9-10-6(11)4-8-7(12)2-3-13/h5,13H,2-4H2,1H3,(H,8,12). The summed E-state index contributed by atoms with van der Waals surface area (Å²) in [7, 11) is 1.83. The molecule has 1 N–H and O–H groups in total. The van der Waals surface area contributed by atoms with Crippen LogP contribution in [0.1, 0.15) is 12.2 Å². The third-order valence-corrected chi connectivity index (χ3v) is 1.81. The average Bonchev–Trinajstić information content (AvgIpc) is 2.48. The van der Waals surface area contributed by atoms with Crippen molar-refractivity contribution >= 4 is 18.5 Å². The first kappa shape index (κ1) is 10.0. The third-order valence-electron chi connectivity index (χ3n) is 1.59. The van der Waals surface area contributed by atoms with Crippen LogP contribution < -0.4 is 5.32 Å². The van der Waals surface area contributed by atoms with E-state index in [9.17, 15) is 4.79 Å². The van der Waals surface area contributed by atoms with Gasteiger partial charge in [-0.1, -0.05) is 0 Å². The van der Waals surface area contributed by atoms with E-state index in [4.69, 9.17) is 0 Å². The van der Waals surface area contributed by atoms with Gasteiger partial charge in [-0.15, -0.1) is 10.2 Å². The fourth-order valence-corrected chi connectivity index (χ4v) is 1.04. The van der Waals surface area contributed by atoms with Gasteiger partial charge in [-0.2, -0.15) is 12.6 Å². The minimum atomic E-state index is -0.0157. The summed E-state index contributed by atoms with van der Waals surface area (Å²) < 4.78 is 1.76. The second kappa shape index (κ2) is 4.86. The van der Waals surface area contributed by atoms with E-state index >= 15 is 0 Å². The molecule has 1 aromatic rings. The van der Waals surface area contributed by atoms with Crippen molar-refractivity contribution in [1.29, 1.82) is 0 Å². The number of hydrogen-bond donors (Lipinski definition) is 2. The summed E-state index contributed by atoms with van der Waals surface area (Å²) in [5, 5.41) is 10.2. The summed E-state index contributed by atoms with van der Waals surface area (Å²) in [6, 6.07) is 0. The van der Waals surface area contributed by atoms with Gasteiger partial charge in [0.1, 0.15) is 6.33 Å². The van der Waals surface area contributed by atoms with Crippen LogP contribution in [-0.4, -0.2) is 26.4 Å². The maximum Gasteiger partial charge on any atom is 0.221 e. The zero-order chi connectivity index (χ0) is 9.68. The number of nitrogens with one attached hydrogen (secondary N) is 1. The van der Waals surface area contributed by atoms with Gasteiger partial charge >= 0.3 is 0 Å². The summed E-state index contributed by atoms with van der Waals surface area (Å²) >= 11 is 3.95. The van der Waals surface area contributed by atoms with Crippen molar-refractivity contribution in [3.05, 3.63) is 12.2 Å². The van der Waals surface area contributed by atoms with E-state index < -0.39 is 0 Å². The van der Waals surface area contributed by atoms with E-state index in [-0.39, 0.29) is 5.91 Å². The number of amides is 1. The van der Waals surface area contributed by atoms with E-state index in [0.717, 1.165) is 5.82 Å². The molecule has 0 aliphatic rings. The molecule has 0 saturated heterocycles. The topological polar surface area (TPSA) is 59.8 Å². The maximum absolute atomic E-state index is 11.0. The Morgan fingerprint density at radius 3 is 3.08 bits per heavy atom. The van der Waals surface area contributed by atoms with Gasteiger partial charge in [0, 0.05) is 13.5 Å². The Kier molecular flexibility index (Phi) is 3.75. The summed E-state index contributed by atoms with van der Waals surface area (Å²) in [4.78, 5) is 11.0. The van der Waals surface area contributed by atoms with Gasteiger partial charge in [-0.05, 0) is 5.75 Å². The van der Waals surface area contributed by atoms with Crippen molar-refractivity contribution in [1.82, 2.24) is 20.1 Å². The summed E-state index contributed by atoms with van der Waals surface area (Å²) in [5.74, 6) is 1.29. The molecule has 1 rings (SSSR count). The number of aromatic nitrogens is 3. The molecule has 0 spiro atoms. The molecule has 1 heterocycles. The third kappa shape index (κ3) is 3.06. The van der Waals surface area contributed by atoms with Crippen LogP contribution in [0.3, 0.4) is 0 Å². The largest absolute Gasteiger partial charge is 0.349 e. The number of hydrogen-bond acceptors (Lipinski definition) is 4. The number of nitrogens with zero attached hydrogens (tertiary/aromatic N) is 3. The van der Waals surface area contributed by atoms with Gasteiger partial charge in [0.15, 0.2) is 5.82 Å². The van der Waals surface area contributed by atoms with Gasteiger partial charge in [0.2, 0.25) is 5.91 Å². The van der Waals surface area contributed by atoms with Crippen molar-refractivity contribution in [3.63, 3.8) is 0 Å². The van der Waals surface area contributed by atoms with E-state index in [0.29, 0.717) is 18.7 Å². The first-order valence-electron chi connectivity index (χ1n) is 3.94. The molecule has 1 aromatic heterocycles. The molecule has 0 saturated carbocycles. The Bertz CT molecular complexity index is 286. The number of aryl methyl sites for hydroxylation is 1. The summed E-state index contributed by atoms with van der Waals surface area (Å²) in [6.07, 6.45) is 2.03. The highest BCUT2D eigenvalue weighted by molar-refractivity contribution is 7.80. The molecule has 0 atom stereocenters. The van der Waals surface area contributed by atoms with Gasteiger partial charge < -0.3 is 9.88 Å². The van der Waals surface area contributed by atoms with Crippen molar-refractivity contribution < 1.29 is 4.79 Å². The highest BCUT2D eigenvalue weighted by Crippen LogP contribution is 1.91.